The van der Waals surface area contributed by atoms with Crippen LogP contribution in [-0.2, 0) is 6.54 Å². The quantitative estimate of drug-likeness (QED) is 0.727. The average Bonchev–Trinajstić information content (AvgIpc) is 2.34. The lowest BCUT2D eigenvalue weighted by molar-refractivity contribution is 0.619. The lowest BCUT2D eigenvalue weighted by Crippen LogP contribution is -2.21. The van der Waals surface area contributed by atoms with Gasteiger partial charge in [-0.1, -0.05) is 17.7 Å². The van der Waals surface area contributed by atoms with Crippen LogP contribution in [0.15, 0.2) is 38.3 Å². The first kappa shape index (κ1) is 13.7. The minimum Gasteiger partial charge on any atom is -0.294 e. The fraction of sp³-hybridized carbons (Fsp3) is 0.0909. The molecule has 94 valence electrons. The van der Waals surface area contributed by atoms with Crippen LogP contribution in [0.25, 0.3) is 0 Å². The summed E-state index contributed by atoms with van der Waals surface area (Å²) in [7, 11) is 0. The van der Waals surface area contributed by atoms with E-state index >= 15 is 0 Å². The topological polar surface area (TPSA) is 34.9 Å². The third kappa shape index (κ3) is 2.81. The minimum atomic E-state index is -0.346. The fourth-order valence-corrected chi connectivity index (χ4v) is 2.27. The van der Waals surface area contributed by atoms with Gasteiger partial charge in [-0.3, -0.25) is 9.36 Å². The largest absolute Gasteiger partial charge is 0.294 e. The van der Waals surface area contributed by atoms with E-state index in [1.54, 1.807) is 12.1 Å². The maximum Gasteiger partial charge on any atom is 0.269 e. The van der Waals surface area contributed by atoms with Gasteiger partial charge in [0.05, 0.1) is 17.3 Å². The SMILES string of the molecule is O=c1c(Br)c(Cl)ncn1Cc1ccc(F)c(Br)c1. The van der Waals surface area contributed by atoms with Crippen LogP contribution >= 0.6 is 43.5 Å². The molecule has 1 aromatic carbocycles. The van der Waals surface area contributed by atoms with Crippen LogP contribution < -0.4 is 5.56 Å². The smallest absolute Gasteiger partial charge is 0.269 e. The van der Waals surface area contributed by atoms with E-state index in [1.165, 1.54) is 17.0 Å². The lowest BCUT2D eigenvalue weighted by Gasteiger charge is -2.07. The molecule has 0 saturated carbocycles. The van der Waals surface area contributed by atoms with Gasteiger partial charge in [-0.2, -0.15) is 0 Å². The molecular weight excluding hydrogens is 390 g/mol. The van der Waals surface area contributed by atoms with Gasteiger partial charge >= 0.3 is 0 Å². The van der Waals surface area contributed by atoms with Gasteiger partial charge in [0.1, 0.15) is 10.3 Å². The van der Waals surface area contributed by atoms with Crippen LogP contribution in [0.2, 0.25) is 5.15 Å². The molecule has 18 heavy (non-hydrogen) atoms. The fourth-order valence-electron chi connectivity index (χ4n) is 1.39. The zero-order valence-corrected chi connectivity index (χ0v) is 12.8. The highest BCUT2D eigenvalue weighted by atomic mass is 79.9. The van der Waals surface area contributed by atoms with Gasteiger partial charge in [-0.15, -0.1) is 0 Å². The highest BCUT2D eigenvalue weighted by Crippen LogP contribution is 2.18. The summed E-state index contributed by atoms with van der Waals surface area (Å²) in [5.74, 6) is -0.346. The predicted octanol–water partition coefficient (Wildman–Crippen LogP) is 3.61. The second-order valence-corrected chi connectivity index (χ2v) is 5.54. The number of nitrogens with zero attached hydrogens (tertiary/aromatic N) is 2. The normalized spacial score (nSPS) is 10.7. The van der Waals surface area contributed by atoms with Crippen molar-refractivity contribution in [2.45, 2.75) is 6.54 Å². The standard InChI is InChI=1S/C11H6Br2ClFN2O/c12-7-3-6(1-2-8(7)15)4-17-5-16-10(14)9(13)11(17)18/h1-3,5H,4H2. The molecule has 3 nitrogen and oxygen atoms in total. The Hall–Kier alpha value is -0.720. The van der Waals surface area contributed by atoms with Crippen molar-refractivity contribution in [2.24, 2.45) is 0 Å². The third-order valence-electron chi connectivity index (χ3n) is 2.28. The molecule has 0 N–H and O–H groups in total. The van der Waals surface area contributed by atoms with E-state index in [-0.39, 0.29) is 21.0 Å². The van der Waals surface area contributed by atoms with Crippen LogP contribution in [0.5, 0.6) is 0 Å². The van der Waals surface area contributed by atoms with Crippen molar-refractivity contribution in [2.75, 3.05) is 0 Å². The number of aromatic nitrogens is 2. The minimum absolute atomic E-state index is 0.122. The van der Waals surface area contributed by atoms with Crippen molar-refractivity contribution in [1.82, 2.24) is 9.55 Å². The predicted molar refractivity (Wildman–Crippen MR) is 74.4 cm³/mol. The Morgan fingerprint density at radius 3 is 2.78 bits per heavy atom. The monoisotopic (exact) mass is 394 g/mol. The van der Waals surface area contributed by atoms with Gasteiger partial charge in [0, 0.05) is 0 Å². The maximum atomic E-state index is 13.1. The average molecular weight is 396 g/mol. The molecule has 0 atom stereocenters. The van der Waals surface area contributed by atoms with E-state index in [9.17, 15) is 9.18 Å². The number of hydrogen-bond acceptors (Lipinski definition) is 2. The molecule has 0 aliphatic rings. The molecule has 1 aromatic heterocycles. The molecule has 0 radical (unpaired) electrons. The molecule has 0 bridgehead atoms. The first-order chi connectivity index (χ1) is 8.49. The van der Waals surface area contributed by atoms with Gasteiger partial charge in [-0.05, 0) is 49.6 Å². The molecule has 0 aliphatic heterocycles. The lowest BCUT2D eigenvalue weighted by atomic mass is 10.2. The van der Waals surface area contributed by atoms with Gasteiger partial charge in [-0.25, -0.2) is 9.37 Å². The van der Waals surface area contributed by atoms with Crippen LogP contribution in [0.1, 0.15) is 5.56 Å². The van der Waals surface area contributed by atoms with Crippen molar-refractivity contribution in [3.63, 3.8) is 0 Å². The van der Waals surface area contributed by atoms with Gasteiger partial charge in [0.2, 0.25) is 0 Å². The molecule has 0 aliphatic carbocycles. The van der Waals surface area contributed by atoms with Gasteiger partial charge < -0.3 is 0 Å². The number of rotatable bonds is 2. The summed E-state index contributed by atoms with van der Waals surface area (Å²) in [5, 5.41) is 0.122. The molecule has 0 fully saturated rings. The Balaban J connectivity index is 2.37. The molecule has 2 aromatic rings. The van der Waals surface area contributed by atoms with Gasteiger partial charge in [0.15, 0.2) is 5.15 Å². The van der Waals surface area contributed by atoms with E-state index in [1.807, 2.05) is 0 Å². The summed E-state index contributed by atoms with van der Waals surface area (Å²) >= 11 is 11.9. The van der Waals surface area contributed by atoms with E-state index in [0.717, 1.165) is 5.56 Å². The third-order valence-corrected chi connectivity index (χ3v) is 4.11. The zero-order valence-electron chi connectivity index (χ0n) is 8.83. The summed E-state index contributed by atoms with van der Waals surface area (Å²) in [6, 6.07) is 4.56. The first-order valence-corrected chi connectivity index (χ1v) is 6.80. The molecule has 0 amide bonds. The molecule has 0 unspecified atom stereocenters. The molecule has 0 saturated heterocycles. The second-order valence-electron chi connectivity index (χ2n) is 3.53. The van der Waals surface area contributed by atoms with Crippen LogP contribution in [-0.4, -0.2) is 9.55 Å². The van der Waals surface area contributed by atoms with Crippen molar-refractivity contribution < 1.29 is 4.39 Å². The Morgan fingerprint density at radius 2 is 2.11 bits per heavy atom. The molecular formula is C11H6Br2ClFN2O. The molecule has 1 heterocycles. The number of halogens is 4. The highest BCUT2D eigenvalue weighted by Gasteiger charge is 2.08. The summed E-state index contributed by atoms with van der Waals surface area (Å²) in [6.45, 7) is 0.292. The van der Waals surface area contributed by atoms with Crippen LogP contribution in [0.3, 0.4) is 0 Å². The Kier molecular flexibility index (Phi) is 4.19. The van der Waals surface area contributed by atoms with E-state index in [4.69, 9.17) is 11.6 Å². The van der Waals surface area contributed by atoms with Crippen LogP contribution in [0.4, 0.5) is 4.39 Å². The number of benzene rings is 1. The van der Waals surface area contributed by atoms with Gasteiger partial charge in [0.25, 0.3) is 5.56 Å². The van der Waals surface area contributed by atoms with Crippen molar-refractivity contribution in [3.8, 4) is 0 Å². The zero-order chi connectivity index (χ0) is 13.3. The summed E-state index contributed by atoms with van der Waals surface area (Å²) in [5.41, 5.74) is 0.497. The van der Waals surface area contributed by atoms with Crippen LogP contribution in [0, 0.1) is 5.82 Å². The molecule has 2 rings (SSSR count). The summed E-state index contributed by atoms with van der Waals surface area (Å²) in [6.07, 6.45) is 1.35. The summed E-state index contributed by atoms with van der Waals surface area (Å²) < 4.78 is 15.0. The van der Waals surface area contributed by atoms with E-state index in [2.05, 4.69) is 36.8 Å². The highest BCUT2D eigenvalue weighted by molar-refractivity contribution is 9.10. The Morgan fingerprint density at radius 1 is 1.39 bits per heavy atom. The summed E-state index contributed by atoms with van der Waals surface area (Å²) in [4.78, 5) is 15.7. The van der Waals surface area contributed by atoms with Crippen molar-refractivity contribution in [3.05, 3.63) is 60.4 Å². The Bertz CT molecular complexity index is 660. The van der Waals surface area contributed by atoms with Crippen molar-refractivity contribution >= 4 is 43.5 Å². The van der Waals surface area contributed by atoms with E-state index < -0.39 is 0 Å². The van der Waals surface area contributed by atoms with E-state index in [0.29, 0.717) is 11.0 Å². The maximum absolute atomic E-state index is 13.1. The second kappa shape index (κ2) is 5.50. The molecule has 7 heteroatoms. The Labute approximate surface area is 124 Å². The van der Waals surface area contributed by atoms with Crippen molar-refractivity contribution in [1.29, 1.82) is 0 Å². The number of hydrogen-bond donors (Lipinski definition) is 0. The molecule has 0 spiro atoms. The first-order valence-electron chi connectivity index (χ1n) is 4.83.